The lowest BCUT2D eigenvalue weighted by molar-refractivity contribution is -0.119. The van der Waals surface area contributed by atoms with Crippen molar-refractivity contribution < 1.29 is 9.59 Å². The van der Waals surface area contributed by atoms with Gasteiger partial charge in [0.15, 0.2) is 0 Å². The quantitative estimate of drug-likeness (QED) is 0.385. The first kappa shape index (κ1) is 26.0. The molecule has 0 spiro atoms. The summed E-state index contributed by atoms with van der Waals surface area (Å²) in [6.07, 6.45) is 7.63. The Balaban J connectivity index is 1.50. The summed E-state index contributed by atoms with van der Waals surface area (Å²) >= 11 is 1.70. The van der Waals surface area contributed by atoms with E-state index in [9.17, 15) is 9.59 Å². The number of aromatic nitrogens is 4. The van der Waals surface area contributed by atoms with Crippen LogP contribution in [0.4, 0.5) is 5.69 Å². The minimum absolute atomic E-state index is 0.100. The smallest absolute Gasteiger partial charge is 0.270 e. The highest BCUT2D eigenvalue weighted by molar-refractivity contribution is 7.98. The molecule has 1 aliphatic carbocycles. The molecule has 2 amide bonds. The van der Waals surface area contributed by atoms with Crippen molar-refractivity contribution in [2.45, 2.75) is 59.0 Å². The third-order valence-corrected chi connectivity index (χ3v) is 7.72. The predicted octanol–water partition coefficient (Wildman–Crippen LogP) is 4.82. The van der Waals surface area contributed by atoms with Crippen molar-refractivity contribution in [3.8, 4) is 11.1 Å². The van der Waals surface area contributed by atoms with E-state index < -0.39 is 6.04 Å². The molecule has 0 saturated heterocycles. The normalized spacial score (nSPS) is 18.6. The van der Waals surface area contributed by atoms with E-state index in [-0.39, 0.29) is 17.7 Å². The van der Waals surface area contributed by atoms with E-state index in [0.717, 1.165) is 54.0 Å². The van der Waals surface area contributed by atoms with Gasteiger partial charge in [0.25, 0.3) is 5.91 Å². The molecule has 36 heavy (non-hydrogen) atoms. The maximum absolute atomic E-state index is 13.5. The number of hydrogen-bond donors (Lipinski definition) is 3. The number of aryl methyl sites for hydroxylation is 3. The Labute approximate surface area is 217 Å². The number of nitrogens with one attached hydrogen (secondary N) is 3. The van der Waals surface area contributed by atoms with Gasteiger partial charge in [0.1, 0.15) is 11.7 Å². The number of amides is 2. The minimum Gasteiger partial charge on any atom is -0.339 e. The molecule has 3 N–H and O–H groups in total. The van der Waals surface area contributed by atoms with Crippen LogP contribution in [0.5, 0.6) is 0 Å². The van der Waals surface area contributed by atoms with Gasteiger partial charge in [-0.1, -0.05) is 31.9 Å². The summed E-state index contributed by atoms with van der Waals surface area (Å²) < 4.78 is 1.71. The van der Waals surface area contributed by atoms with Crippen LogP contribution >= 0.6 is 11.8 Å². The lowest BCUT2D eigenvalue weighted by Crippen LogP contribution is -2.49. The van der Waals surface area contributed by atoms with E-state index in [4.69, 9.17) is 0 Å². The zero-order valence-electron chi connectivity index (χ0n) is 21.5. The van der Waals surface area contributed by atoms with Gasteiger partial charge in [-0.15, -0.1) is 0 Å². The van der Waals surface area contributed by atoms with Crippen molar-refractivity contribution in [2.24, 2.45) is 11.8 Å². The molecule has 0 unspecified atom stereocenters. The Morgan fingerprint density at radius 1 is 1.14 bits per heavy atom. The van der Waals surface area contributed by atoms with E-state index in [2.05, 4.69) is 32.9 Å². The maximum atomic E-state index is 13.5. The lowest BCUT2D eigenvalue weighted by Gasteiger charge is -2.32. The van der Waals surface area contributed by atoms with Gasteiger partial charge in [0, 0.05) is 28.9 Å². The number of anilines is 1. The largest absolute Gasteiger partial charge is 0.339 e. The Kier molecular flexibility index (Phi) is 8.51. The first-order valence-electron chi connectivity index (χ1n) is 12.6. The van der Waals surface area contributed by atoms with Crippen LogP contribution < -0.4 is 10.6 Å². The Morgan fingerprint density at radius 3 is 2.50 bits per heavy atom. The van der Waals surface area contributed by atoms with Gasteiger partial charge in [-0.2, -0.15) is 22.0 Å². The zero-order valence-corrected chi connectivity index (χ0v) is 22.3. The molecule has 0 bridgehead atoms. The summed E-state index contributed by atoms with van der Waals surface area (Å²) in [5.74, 6) is 1.18. The van der Waals surface area contributed by atoms with Gasteiger partial charge >= 0.3 is 0 Å². The summed E-state index contributed by atoms with van der Waals surface area (Å²) in [6.45, 7) is 6.87. The molecule has 2 heterocycles. The van der Waals surface area contributed by atoms with E-state index in [0.29, 0.717) is 23.8 Å². The summed E-state index contributed by atoms with van der Waals surface area (Å²) in [5.41, 5.74) is 5.26. The molecule has 0 radical (unpaired) electrons. The predicted molar refractivity (Wildman–Crippen MR) is 145 cm³/mol. The van der Waals surface area contributed by atoms with Crippen LogP contribution in [0.15, 0.2) is 36.5 Å². The fraction of sp³-hybridized carbons (Fsp3) is 0.481. The minimum atomic E-state index is -0.605. The second kappa shape index (κ2) is 11.8. The van der Waals surface area contributed by atoms with Gasteiger partial charge in [-0.05, 0) is 68.5 Å². The second-order valence-electron chi connectivity index (χ2n) is 9.78. The molecule has 1 saturated carbocycles. The first-order valence-corrected chi connectivity index (χ1v) is 14.0. The summed E-state index contributed by atoms with van der Waals surface area (Å²) in [7, 11) is 0. The number of thioether (sulfide) groups is 1. The third-order valence-electron chi connectivity index (χ3n) is 7.13. The number of benzene rings is 1. The molecule has 9 heteroatoms. The average molecular weight is 509 g/mol. The molecule has 3 aromatic rings. The number of hydrogen-bond acceptors (Lipinski definition) is 5. The van der Waals surface area contributed by atoms with Gasteiger partial charge in [-0.3, -0.25) is 19.4 Å². The third kappa shape index (κ3) is 6.00. The summed E-state index contributed by atoms with van der Waals surface area (Å²) in [6, 6.07) is 8.89. The van der Waals surface area contributed by atoms with E-state index >= 15 is 0 Å². The number of rotatable bonds is 9. The average Bonchev–Trinajstić information content (AvgIpc) is 3.48. The Morgan fingerprint density at radius 2 is 1.86 bits per heavy atom. The Bertz CT molecular complexity index is 1160. The molecule has 2 aromatic heterocycles. The van der Waals surface area contributed by atoms with Crippen molar-refractivity contribution >= 4 is 29.3 Å². The second-order valence-corrected chi connectivity index (χ2v) is 10.8. The van der Waals surface area contributed by atoms with Crippen LogP contribution in [0.1, 0.15) is 54.5 Å². The summed E-state index contributed by atoms with van der Waals surface area (Å²) in [5, 5.41) is 17.7. The number of aromatic amines is 1. The lowest BCUT2D eigenvalue weighted by atomic mass is 9.79. The standard InChI is InChI=1S/C27H36N6O2S/c1-17-5-7-21(8-6-17)25(30-26(34)23-13-14-28-33(23)15-16-36-4)27(35)29-22-11-9-20(10-12-22)24-18(2)31-32-19(24)3/h9-14,17,21,25H,5-8,15-16H2,1-4H3,(H,29,35)(H,30,34)(H,31,32)/t17?,21?,25-/m0/s1. The molecular weight excluding hydrogens is 472 g/mol. The van der Waals surface area contributed by atoms with Gasteiger partial charge in [0.2, 0.25) is 5.91 Å². The van der Waals surface area contributed by atoms with Crippen molar-refractivity contribution in [3.05, 3.63) is 53.6 Å². The number of nitrogens with zero attached hydrogens (tertiary/aromatic N) is 3. The first-order chi connectivity index (χ1) is 17.4. The van der Waals surface area contributed by atoms with Crippen LogP contribution in [0.25, 0.3) is 11.1 Å². The zero-order chi connectivity index (χ0) is 25.7. The van der Waals surface area contributed by atoms with Crippen LogP contribution in [0, 0.1) is 25.7 Å². The van der Waals surface area contributed by atoms with E-state index in [1.54, 1.807) is 28.7 Å². The number of H-pyrrole nitrogens is 1. The highest BCUT2D eigenvalue weighted by atomic mass is 32.2. The van der Waals surface area contributed by atoms with E-state index in [1.807, 2.05) is 44.4 Å². The highest BCUT2D eigenvalue weighted by Gasteiger charge is 2.33. The topological polar surface area (TPSA) is 105 Å². The molecule has 1 aliphatic rings. The van der Waals surface area contributed by atoms with Gasteiger partial charge in [-0.25, -0.2) is 0 Å². The molecule has 1 atom stereocenters. The molecule has 1 aromatic carbocycles. The highest BCUT2D eigenvalue weighted by Crippen LogP contribution is 2.31. The van der Waals surface area contributed by atoms with Crippen LogP contribution in [0.2, 0.25) is 0 Å². The van der Waals surface area contributed by atoms with Crippen molar-refractivity contribution in [3.63, 3.8) is 0 Å². The summed E-state index contributed by atoms with van der Waals surface area (Å²) in [4.78, 5) is 26.7. The van der Waals surface area contributed by atoms with Gasteiger partial charge < -0.3 is 10.6 Å². The fourth-order valence-corrected chi connectivity index (χ4v) is 5.39. The molecule has 192 valence electrons. The number of carbonyl (C=O) groups is 2. The van der Waals surface area contributed by atoms with Crippen molar-refractivity contribution in [2.75, 3.05) is 17.3 Å². The molecule has 1 fully saturated rings. The molecule has 0 aliphatic heterocycles. The molecule has 4 rings (SSSR count). The van der Waals surface area contributed by atoms with Crippen LogP contribution in [0.3, 0.4) is 0 Å². The SMILES string of the molecule is CSCCn1nccc1C(=O)N[C@H](C(=O)Nc1ccc(-c2c(C)n[nH]c2C)cc1)C1CCC(C)CC1. The van der Waals surface area contributed by atoms with Crippen LogP contribution in [-0.4, -0.2) is 49.8 Å². The van der Waals surface area contributed by atoms with Crippen LogP contribution in [-0.2, 0) is 11.3 Å². The number of carbonyl (C=O) groups excluding carboxylic acids is 2. The maximum Gasteiger partial charge on any atom is 0.270 e. The molecule has 8 nitrogen and oxygen atoms in total. The fourth-order valence-electron chi connectivity index (χ4n) is 5.03. The Hall–Kier alpha value is -3.07. The van der Waals surface area contributed by atoms with Crippen molar-refractivity contribution in [1.82, 2.24) is 25.3 Å². The van der Waals surface area contributed by atoms with Gasteiger partial charge in [0.05, 0.1) is 12.2 Å². The monoisotopic (exact) mass is 508 g/mol. The van der Waals surface area contributed by atoms with E-state index in [1.165, 1.54) is 0 Å². The molecular formula is C27H36N6O2S. The van der Waals surface area contributed by atoms with Crippen molar-refractivity contribution in [1.29, 1.82) is 0 Å².